The molecule has 0 bridgehead atoms. The maximum absolute atomic E-state index is 13.8. The number of hydrogen-bond acceptors (Lipinski definition) is 6. The first-order chi connectivity index (χ1) is 18.5. The molecule has 3 aromatic rings. The van der Waals surface area contributed by atoms with Crippen molar-refractivity contribution in [2.75, 3.05) is 33.0 Å². The molecule has 2 amide bonds. The van der Waals surface area contributed by atoms with Crippen molar-refractivity contribution in [2.24, 2.45) is 0 Å². The highest BCUT2D eigenvalue weighted by atomic mass is 19.4. The molecule has 9 nitrogen and oxygen atoms in total. The first-order valence-corrected chi connectivity index (χ1v) is 11.1. The van der Waals surface area contributed by atoms with Gasteiger partial charge in [-0.1, -0.05) is 5.21 Å². The van der Waals surface area contributed by atoms with Crippen LogP contribution in [-0.2, 0) is 11.3 Å². The molecule has 0 spiro atoms. The average molecular weight is 563 g/mol. The molecule has 2 N–H and O–H groups in total. The fourth-order valence-corrected chi connectivity index (χ4v) is 3.09. The van der Waals surface area contributed by atoms with E-state index >= 15 is 0 Å². The van der Waals surface area contributed by atoms with Crippen LogP contribution in [-0.4, -0.2) is 66.0 Å². The molecule has 0 atom stereocenters. The van der Waals surface area contributed by atoms with Crippen LogP contribution < -0.4 is 15.4 Å². The second-order valence-electron chi connectivity index (χ2n) is 7.68. The number of benzene rings is 2. The van der Waals surface area contributed by atoms with E-state index in [1.165, 1.54) is 12.1 Å². The van der Waals surface area contributed by atoms with Gasteiger partial charge in [-0.25, -0.2) is 22.2 Å². The van der Waals surface area contributed by atoms with E-state index in [2.05, 4.69) is 15.6 Å². The van der Waals surface area contributed by atoms with Gasteiger partial charge in [-0.05, 0) is 30.3 Å². The summed E-state index contributed by atoms with van der Waals surface area (Å²) in [7, 11) is 0. The molecule has 210 valence electrons. The van der Waals surface area contributed by atoms with Gasteiger partial charge in [0.05, 0.1) is 19.4 Å². The van der Waals surface area contributed by atoms with Crippen molar-refractivity contribution >= 4 is 11.8 Å². The minimum absolute atomic E-state index is 0.0634. The van der Waals surface area contributed by atoms with Crippen LogP contribution in [0.2, 0.25) is 0 Å². The van der Waals surface area contributed by atoms with Gasteiger partial charge < -0.3 is 20.1 Å². The fraction of sp³-hybridized carbons (Fsp3) is 0.304. The summed E-state index contributed by atoms with van der Waals surface area (Å²) in [4.78, 5) is 24.6. The highest BCUT2D eigenvalue weighted by molar-refractivity contribution is 5.95. The summed E-state index contributed by atoms with van der Waals surface area (Å²) in [6.07, 6.45) is -3.54. The molecule has 0 aliphatic carbocycles. The fourth-order valence-electron chi connectivity index (χ4n) is 3.09. The van der Waals surface area contributed by atoms with E-state index in [0.717, 1.165) is 16.9 Å². The Hall–Kier alpha value is -4.21. The Morgan fingerprint density at radius 2 is 1.69 bits per heavy atom. The molecule has 2 aromatic carbocycles. The molecular formula is C23H20F7N5O4. The lowest BCUT2D eigenvalue weighted by Gasteiger charge is -2.14. The van der Waals surface area contributed by atoms with E-state index in [0.29, 0.717) is 12.1 Å². The summed E-state index contributed by atoms with van der Waals surface area (Å²) in [5.74, 6) is -5.88. The Bertz CT molecular complexity index is 1320. The molecule has 0 fully saturated rings. The Kier molecular flexibility index (Phi) is 9.81. The van der Waals surface area contributed by atoms with Crippen molar-refractivity contribution < 1.29 is 49.8 Å². The number of nitrogens with zero attached hydrogens (tertiary/aromatic N) is 3. The minimum atomic E-state index is -4.63. The van der Waals surface area contributed by atoms with Gasteiger partial charge in [0, 0.05) is 17.7 Å². The van der Waals surface area contributed by atoms with Gasteiger partial charge in [-0.3, -0.25) is 9.59 Å². The van der Waals surface area contributed by atoms with E-state index < -0.39 is 60.8 Å². The predicted octanol–water partition coefficient (Wildman–Crippen LogP) is 3.27. The van der Waals surface area contributed by atoms with E-state index in [-0.39, 0.29) is 42.5 Å². The van der Waals surface area contributed by atoms with Gasteiger partial charge in [0.15, 0.2) is 17.3 Å². The molecule has 16 heteroatoms. The van der Waals surface area contributed by atoms with Crippen LogP contribution in [0, 0.1) is 17.5 Å². The van der Waals surface area contributed by atoms with Crippen LogP contribution in [0.25, 0.3) is 5.69 Å². The van der Waals surface area contributed by atoms with E-state index in [1.807, 2.05) is 0 Å². The number of carbonyl (C=O) groups is 2. The topological polar surface area (TPSA) is 107 Å². The number of carbonyl (C=O) groups excluding carboxylic acids is 2. The Labute approximate surface area is 215 Å². The lowest BCUT2D eigenvalue weighted by molar-refractivity contribution is -0.123. The molecular weight excluding hydrogens is 543 g/mol. The second kappa shape index (κ2) is 13.0. The van der Waals surface area contributed by atoms with Crippen LogP contribution >= 0.6 is 0 Å². The average Bonchev–Trinajstić information content (AvgIpc) is 3.39. The lowest BCUT2D eigenvalue weighted by Crippen LogP contribution is -2.33. The van der Waals surface area contributed by atoms with E-state index in [1.54, 1.807) is 5.32 Å². The van der Waals surface area contributed by atoms with Crippen molar-refractivity contribution in [1.82, 2.24) is 25.6 Å². The number of halogens is 7. The maximum Gasteiger partial charge on any atom is 0.405 e. The second-order valence-corrected chi connectivity index (χ2v) is 7.68. The highest BCUT2D eigenvalue weighted by Crippen LogP contribution is 2.25. The van der Waals surface area contributed by atoms with Crippen molar-refractivity contribution in [3.05, 3.63) is 70.8 Å². The van der Waals surface area contributed by atoms with Crippen molar-refractivity contribution in [3.63, 3.8) is 0 Å². The zero-order valence-electron chi connectivity index (χ0n) is 19.8. The molecule has 1 heterocycles. The number of amides is 2. The molecule has 0 saturated heterocycles. The number of hydrogen-bond donors (Lipinski definition) is 2. The van der Waals surface area contributed by atoms with Crippen LogP contribution in [0.15, 0.2) is 36.5 Å². The third-order valence-corrected chi connectivity index (χ3v) is 4.92. The van der Waals surface area contributed by atoms with Gasteiger partial charge in [0.25, 0.3) is 11.8 Å². The smallest absolute Gasteiger partial charge is 0.405 e. The van der Waals surface area contributed by atoms with Crippen LogP contribution in [0.1, 0.15) is 26.4 Å². The quantitative estimate of drug-likeness (QED) is 0.199. The molecule has 0 saturated carbocycles. The number of ether oxygens (including phenoxy) is 2. The van der Waals surface area contributed by atoms with Crippen LogP contribution in [0.5, 0.6) is 5.75 Å². The lowest BCUT2D eigenvalue weighted by atomic mass is 10.1. The van der Waals surface area contributed by atoms with Gasteiger partial charge in [-0.2, -0.15) is 13.2 Å². The van der Waals surface area contributed by atoms with Gasteiger partial charge in [-0.15, -0.1) is 5.10 Å². The normalized spacial score (nSPS) is 11.4. The zero-order chi connectivity index (χ0) is 28.6. The summed E-state index contributed by atoms with van der Waals surface area (Å²) in [5.41, 5.74) is -1.13. The highest BCUT2D eigenvalue weighted by Gasteiger charge is 2.28. The Balaban J connectivity index is 1.78. The summed E-state index contributed by atoms with van der Waals surface area (Å²) < 4.78 is 102. The standard InChI is InChI=1S/C23H20F7N5O4/c24-5-6-38-7-8-39-19-9-13(21(36)32-12-23(28,29)30)1-4-18(19)35-11-17(33-34-35)22(37)31-10-14-15(25)2-3-16(26)20(14)27/h1-4,9,11H,5-8,10,12H2,(H,31,37)(H,32,36). The van der Waals surface area contributed by atoms with Crippen molar-refractivity contribution in [3.8, 4) is 11.4 Å². The first-order valence-electron chi connectivity index (χ1n) is 11.1. The molecule has 0 unspecified atom stereocenters. The number of alkyl halides is 4. The molecule has 1 aromatic heterocycles. The van der Waals surface area contributed by atoms with E-state index in [4.69, 9.17) is 9.47 Å². The first kappa shape index (κ1) is 29.3. The van der Waals surface area contributed by atoms with Crippen LogP contribution in [0.3, 0.4) is 0 Å². The third kappa shape index (κ3) is 8.13. The van der Waals surface area contributed by atoms with Crippen molar-refractivity contribution in [1.29, 1.82) is 0 Å². The Morgan fingerprint density at radius 3 is 2.41 bits per heavy atom. The van der Waals surface area contributed by atoms with Gasteiger partial charge in [0.2, 0.25) is 0 Å². The predicted molar refractivity (Wildman–Crippen MR) is 120 cm³/mol. The number of nitrogens with one attached hydrogen (secondary N) is 2. The third-order valence-electron chi connectivity index (χ3n) is 4.92. The largest absolute Gasteiger partial charge is 0.489 e. The van der Waals surface area contributed by atoms with Gasteiger partial charge >= 0.3 is 6.18 Å². The summed E-state index contributed by atoms with van der Waals surface area (Å²) in [5, 5.41) is 11.3. The summed E-state index contributed by atoms with van der Waals surface area (Å²) >= 11 is 0. The monoisotopic (exact) mass is 563 g/mol. The number of rotatable bonds is 12. The molecule has 3 rings (SSSR count). The molecule has 39 heavy (non-hydrogen) atoms. The van der Waals surface area contributed by atoms with Gasteiger partial charge in [0.1, 0.15) is 37.1 Å². The summed E-state index contributed by atoms with van der Waals surface area (Å²) in [6.45, 7) is -3.40. The SMILES string of the molecule is O=C(NCC(F)(F)F)c1ccc(-n2cc(C(=O)NCc3c(F)ccc(F)c3F)nn2)c(OCCOCCF)c1. The van der Waals surface area contributed by atoms with E-state index in [9.17, 15) is 40.3 Å². The summed E-state index contributed by atoms with van der Waals surface area (Å²) in [6, 6.07) is 4.85. The zero-order valence-corrected chi connectivity index (χ0v) is 19.8. The minimum Gasteiger partial charge on any atom is -0.489 e. The molecule has 0 aliphatic rings. The Morgan fingerprint density at radius 1 is 0.949 bits per heavy atom. The van der Waals surface area contributed by atoms with Crippen LogP contribution in [0.4, 0.5) is 30.7 Å². The molecule has 0 aliphatic heterocycles. The number of aromatic nitrogens is 3. The molecule has 0 radical (unpaired) electrons. The maximum atomic E-state index is 13.8. The van der Waals surface area contributed by atoms with Crippen molar-refractivity contribution in [2.45, 2.75) is 12.7 Å².